The van der Waals surface area contributed by atoms with Crippen LogP contribution in [0.4, 0.5) is 5.69 Å². The molecule has 1 aromatic heterocycles. The number of methoxy groups -OCH3 is 1. The summed E-state index contributed by atoms with van der Waals surface area (Å²) in [4.78, 5) is 28.3. The Kier molecular flexibility index (Phi) is 9.35. The van der Waals surface area contributed by atoms with Gasteiger partial charge in [0.2, 0.25) is 5.91 Å². The van der Waals surface area contributed by atoms with E-state index in [0.717, 1.165) is 70.8 Å². The SMILES string of the molecule is CCCCC(C)C(=O)N(c1ccsc1C(=O)OC)C1CCC(OC2CCCCO2)CC1. The molecule has 0 aromatic carbocycles. The summed E-state index contributed by atoms with van der Waals surface area (Å²) in [6.45, 7) is 4.93. The molecule has 1 aliphatic heterocycles. The van der Waals surface area contributed by atoms with Gasteiger partial charge in [0.15, 0.2) is 6.29 Å². The van der Waals surface area contributed by atoms with Crippen molar-refractivity contribution in [1.29, 1.82) is 0 Å². The van der Waals surface area contributed by atoms with E-state index in [1.54, 1.807) is 0 Å². The second-order valence-electron chi connectivity index (χ2n) is 8.74. The molecule has 174 valence electrons. The lowest BCUT2D eigenvalue weighted by molar-refractivity contribution is -0.193. The molecule has 3 rings (SSSR count). The Hall–Kier alpha value is -1.44. The number of ether oxygens (including phenoxy) is 3. The Bertz CT molecular complexity index is 707. The fraction of sp³-hybridized carbons (Fsp3) is 0.750. The molecule has 1 saturated carbocycles. The van der Waals surface area contributed by atoms with Crippen LogP contribution >= 0.6 is 11.3 Å². The molecule has 0 bridgehead atoms. The van der Waals surface area contributed by atoms with Crippen molar-refractivity contribution in [2.24, 2.45) is 5.92 Å². The lowest BCUT2D eigenvalue weighted by atomic mass is 9.90. The molecule has 6 nitrogen and oxygen atoms in total. The van der Waals surface area contributed by atoms with Gasteiger partial charge in [-0.05, 0) is 62.8 Å². The Labute approximate surface area is 190 Å². The molecule has 0 spiro atoms. The van der Waals surface area contributed by atoms with Gasteiger partial charge in [0.1, 0.15) is 4.88 Å². The number of esters is 1. The van der Waals surface area contributed by atoms with Crippen molar-refractivity contribution in [1.82, 2.24) is 0 Å². The minimum absolute atomic E-state index is 0.0710. The summed E-state index contributed by atoms with van der Waals surface area (Å²) in [6, 6.07) is 1.96. The predicted molar refractivity (Wildman–Crippen MR) is 123 cm³/mol. The first-order valence-electron chi connectivity index (χ1n) is 11.8. The number of thiophene rings is 1. The molecular formula is C24H37NO5S. The van der Waals surface area contributed by atoms with Gasteiger partial charge in [-0.3, -0.25) is 4.79 Å². The highest BCUT2D eigenvalue weighted by Crippen LogP contribution is 2.36. The van der Waals surface area contributed by atoms with E-state index in [2.05, 4.69) is 6.92 Å². The van der Waals surface area contributed by atoms with Gasteiger partial charge >= 0.3 is 5.97 Å². The number of carbonyl (C=O) groups is 2. The average molecular weight is 452 g/mol. The number of hydrogen-bond acceptors (Lipinski definition) is 6. The number of carbonyl (C=O) groups excluding carboxylic acids is 2. The van der Waals surface area contributed by atoms with E-state index in [9.17, 15) is 9.59 Å². The van der Waals surface area contributed by atoms with E-state index in [-0.39, 0.29) is 36.2 Å². The minimum Gasteiger partial charge on any atom is -0.465 e. The lowest BCUT2D eigenvalue weighted by Gasteiger charge is -2.39. The molecule has 2 unspecified atom stereocenters. The first-order valence-corrected chi connectivity index (χ1v) is 12.7. The Morgan fingerprint density at radius 1 is 1.23 bits per heavy atom. The molecule has 2 fully saturated rings. The van der Waals surface area contributed by atoms with Gasteiger partial charge in [0.25, 0.3) is 0 Å². The molecule has 1 saturated heterocycles. The summed E-state index contributed by atoms with van der Waals surface area (Å²) in [5.41, 5.74) is 0.699. The second-order valence-corrected chi connectivity index (χ2v) is 9.66. The molecule has 0 N–H and O–H groups in total. The maximum Gasteiger partial charge on any atom is 0.350 e. The largest absolute Gasteiger partial charge is 0.465 e. The van der Waals surface area contributed by atoms with Crippen molar-refractivity contribution in [2.75, 3.05) is 18.6 Å². The van der Waals surface area contributed by atoms with Crippen LogP contribution in [-0.2, 0) is 19.0 Å². The highest BCUT2D eigenvalue weighted by Gasteiger charge is 2.35. The fourth-order valence-electron chi connectivity index (χ4n) is 4.58. The third-order valence-corrected chi connectivity index (χ3v) is 7.30. The van der Waals surface area contributed by atoms with Crippen LogP contribution in [0.2, 0.25) is 0 Å². The van der Waals surface area contributed by atoms with Crippen molar-refractivity contribution in [3.8, 4) is 0 Å². The van der Waals surface area contributed by atoms with E-state index >= 15 is 0 Å². The van der Waals surface area contributed by atoms with E-state index < -0.39 is 0 Å². The molecule has 2 aliphatic rings. The highest BCUT2D eigenvalue weighted by molar-refractivity contribution is 7.12. The first-order chi connectivity index (χ1) is 15.0. The number of rotatable bonds is 9. The zero-order valence-electron chi connectivity index (χ0n) is 19.1. The van der Waals surface area contributed by atoms with Crippen LogP contribution in [0, 0.1) is 5.92 Å². The monoisotopic (exact) mass is 451 g/mol. The topological polar surface area (TPSA) is 65.1 Å². The van der Waals surface area contributed by atoms with Gasteiger partial charge in [0.05, 0.1) is 18.9 Å². The summed E-state index contributed by atoms with van der Waals surface area (Å²) in [6.07, 6.45) is 9.81. The highest BCUT2D eigenvalue weighted by atomic mass is 32.1. The molecule has 31 heavy (non-hydrogen) atoms. The van der Waals surface area contributed by atoms with Gasteiger partial charge in [-0.2, -0.15) is 0 Å². The van der Waals surface area contributed by atoms with Gasteiger partial charge in [-0.25, -0.2) is 4.79 Å². The van der Waals surface area contributed by atoms with E-state index in [0.29, 0.717) is 10.6 Å². The Balaban J connectivity index is 1.72. The molecule has 1 aliphatic carbocycles. The quantitative estimate of drug-likeness (QED) is 0.461. The Morgan fingerprint density at radius 2 is 2.00 bits per heavy atom. The van der Waals surface area contributed by atoms with Crippen molar-refractivity contribution < 1.29 is 23.8 Å². The van der Waals surface area contributed by atoms with Crippen molar-refractivity contribution >= 4 is 28.9 Å². The minimum atomic E-state index is -0.379. The van der Waals surface area contributed by atoms with Gasteiger partial charge in [0, 0.05) is 18.6 Å². The van der Waals surface area contributed by atoms with Gasteiger partial charge in [-0.15, -0.1) is 11.3 Å². The molecule has 1 aromatic rings. The van der Waals surface area contributed by atoms with Gasteiger partial charge < -0.3 is 19.1 Å². The zero-order chi connectivity index (χ0) is 22.2. The van der Waals surface area contributed by atoms with Crippen LogP contribution in [0.25, 0.3) is 0 Å². The van der Waals surface area contributed by atoms with Crippen LogP contribution < -0.4 is 4.90 Å². The average Bonchev–Trinajstić information content (AvgIpc) is 3.28. The third-order valence-electron chi connectivity index (χ3n) is 6.42. The maximum absolute atomic E-state index is 13.5. The second kappa shape index (κ2) is 12.0. The summed E-state index contributed by atoms with van der Waals surface area (Å²) in [5.74, 6) is -0.345. The zero-order valence-corrected chi connectivity index (χ0v) is 20.0. The molecule has 7 heteroatoms. The standard InChI is InChI=1S/C24H37NO5S/c1-4-5-8-17(2)23(26)25(20-14-16-31-22(20)24(27)28-3)18-10-12-19(13-11-18)30-21-9-6-7-15-29-21/h14,16-19,21H,4-13,15H2,1-3H3. The lowest BCUT2D eigenvalue weighted by Crippen LogP contribution is -2.46. The normalized spacial score (nSPS) is 25.1. The summed E-state index contributed by atoms with van der Waals surface area (Å²) >= 11 is 1.34. The van der Waals surface area contributed by atoms with Crippen LogP contribution in [-0.4, -0.2) is 44.0 Å². The number of amides is 1. The number of nitrogens with zero attached hydrogens (tertiary/aromatic N) is 1. The van der Waals surface area contributed by atoms with Gasteiger partial charge in [-0.1, -0.05) is 26.7 Å². The smallest absolute Gasteiger partial charge is 0.350 e. The maximum atomic E-state index is 13.5. The summed E-state index contributed by atoms with van der Waals surface area (Å²) in [5, 5.41) is 1.87. The van der Waals surface area contributed by atoms with Crippen LogP contribution in [0.3, 0.4) is 0 Å². The third kappa shape index (κ3) is 6.30. The van der Waals surface area contributed by atoms with E-state index in [1.165, 1.54) is 18.4 Å². The van der Waals surface area contributed by atoms with Crippen molar-refractivity contribution in [2.45, 2.75) is 96.5 Å². The molecular weight excluding hydrogens is 414 g/mol. The first kappa shape index (κ1) is 24.2. The number of hydrogen-bond donors (Lipinski definition) is 0. The van der Waals surface area contributed by atoms with E-state index in [1.807, 2.05) is 23.3 Å². The van der Waals surface area contributed by atoms with Crippen LogP contribution in [0.15, 0.2) is 11.4 Å². The Morgan fingerprint density at radius 3 is 2.65 bits per heavy atom. The molecule has 2 heterocycles. The van der Waals surface area contributed by atoms with Crippen molar-refractivity contribution in [3.05, 3.63) is 16.3 Å². The predicted octanol–water partition coefficient (Wildman–Crippen LogP) is 5.55. The number of unbranched alkanes of at least 4 members (excludes halogenated alkanes) is 1. The molecule has 2 atom stereocenters. The molecule has 1 amide bonds. The van der Waals surface area contributed by atoms with Crippen molar-refractivity contribution in [3.63, 3.8) is 0 Å². The van der Waals surface area contributed by atoms with E-state index in [4.69, 9.17) is 14.2 Å². The fourth-order valence-corrected chi connectivity index (χ4v) is 5.38. The number of anilines is 1. The molecule has 0 radical (unpaired) electrons. The summed E-state index contributed by atoms with van der Waals surface area (Å²) < 4.78 is 16.9. The van der Waals surface area contributed by atoms with Crippen LogP contribution in [0.5, 0.6) is 0 Å². The summed E-state index contributed by atoms with van der Waals surface area (Å²) in [7, 11) is 1.39. The van der Waals surface area contributed by atoms with Crippen LogP contribution in [0.1, 0.15) is 87.7 Å².